The number of aromatic nitrogens is 3. The van der Waals surface area contributed by atoms with Crippen LogP contribution in [0.1, 0.15) is 45.6 Å². The van der Waals surface area contributed by atoms with Crippen molar-refractivity contribution in [3.05, 3.63) is 101 Å². The Bertz CT molecular complexity index is 1320. The summed E-state index contributed by atoms with van der Waals surface area (Å²) in [4.78, 5) is 20.3. The van der Waals surface area contributed by atoms with Crippen molar-refractivity contribution in [2.45, 2.75) is 25.4 Å². The van der Waals surface area contributed by atoms with Gasteiger partial charge in [-0.3, -0.25) is 9.69 Å². The number of methoxy groups -OCH3 is 2. The molecule has 1 aliphatic heterocycles. The van der Waals surface area contributed by atoms with Gasteiger partial charge in [-0.2, -0.15) is 10.1 Å². The molecule has 0 saturated heterocycles. The number of rotatable bonds is 5. The molecule has 0 fully saturated rings. The van der Waals surface area contributed by atoms with Crippen LogP contribution in [0, 0.1) is 6.92 Å². The van der Waals surface area contributed by atoms with Crippen LogP contribution < -0.4 is 14.4 Å². The molecule has 1 aromatic heterocycles. The molecule has 0 spiro atoms. The van der Waals surface area contributed by atoms with Crippen LogP contribution in [0.3, 0.4) is 0 Å². The van der Waals surface area contributed by atoms with E-state index in [0.717, 1.165) is 22.4 Å². The first-order valence-electron chi connectivity index (χ1n) is 11.2. The third kappa shape index (κ3) is 3.69. The summed E-state index contributed by atoms with van der Waals surface area (Å²) in [5.41, 5.74) is 3.67. The maximum absolute atomic E-state index is 14.0. The summed E-state index contributed by atoms with van der Waals surface area (Å²) in [5.74, 6) is 1.61. The van der Waals surface area contributed by atoms with Crippen molar-refractivity contribution >= 4 is 11.9 Å². The first-order chi connectivity index (χ1) is 16.6. The van der Waals surface area contributed by atoms with Crippen molar-refractivity contribution in [3.63, 3.8) is 0 Å². The van der Waals surface area contributed by atoms with Gasteiger partial charge in [0.25, 0.3) is 5.91 Å². The minimum atomic E-state index is -0.260. The van der Waals surface area contributed by atoms with Gasteiger partial charge in [-0.25, -0.2) is 4.68 Å². The topological polar surface area (TPSA) is 69.5 Å². The van der Waals surface area contributed by atoms with E-state index in [0.29, 0.717) is 23.7 Å². The molecule has 172 valence electrons. The predicted molar refractivity (Wildman–Crippen MR) is 129 cm³/mol. The van der Waals surface area contributed by atoms with Gasteiger partial charge in [-0.1, -0.05) is 60.2 Å². The molecule has 0 radical (unpaired) electrons. The summed E-state index contributed by atoms with van der Waals surface area (Å²) in [7, 11) is 3.23. The highest BCUT2D eigenvalue weighted by molar-refractivity contribution is 6.07. The van der Waals surface area contributed by atoms with Crippen LogP contribution in [-0.2, 0) is 0 Å². The number of aryl methyl sites for hydroxylation is 1. The summed E-state index contributed by atoms with van der Waals surface area (Å²) in [6.07, 6.45) is 2.11. The number of hydrogen-bond donors (Lipinski definition) is 0. The second-order valence-corrected chi connectivity index (χ2v) is 8.30. The molecule has 1 amide bonds. The zero-order valence-corrected chi connectivity index (χ0v) is 19.4. The number of nitrogens with zero attached hydrogens (tertiary/aromatic N) is 4. The average molecular weight is 455 g/mol. The van der Waals surface area contributed by atoms with Crippen LogP contribution >= 0.6 is 0 Å². The SMILES string of the molecule is COc1ccccc1C(=O)N1c2ncnn2C(c2ccccc2OC)CC1c1ccc(C)cc1. The summed E-state index contributed by atoms with van der Waals surface area (Å²) in [6, 6.07) is 23.1. The maximum Gasteiger partial charge on any atom is 0.264 e. The van der Waals surface area contributed by atoms with E-state index >= 15 is 0 Å². The fraction of sp³-hybridized carbons (Fsp3) is 0.222. The van der Waals surface area contributed by atoms with E-state index in [1.54, 1.807) is 31.3 Å². The molecular weight excluding hydrogens is 428 g/mol. The first kappa shape index (κ1) is 21.7. The van der Waals surface area contributed by atoms with Crippen molar-refractivity contribution in [1.29, 1.82) is 0 Å². The van der Waals surface area contributed by atoms with Crippen molar-refractivity contribution in [2.75, 3.05) is 19.1 Å². The fourth-order valence-electron chi connectivity index (χ4n) is 4.65. The lowest BCUT2D eigenvalue weighted by Crippen LogP contribution is -2.42. The van der Waals surface area contributed by atoms with Crippen LogP contribution in [0.4, 0.5) is 5.95 Å². The van der Waals surface area contributed by atoms with Crippen LogP contribution in [-0.4, -0.2) is 34.9 Å². The van der Waals surface area contributed by atoms with Gasteiger partial charge in [0.2, 0.25) is 5.95 Å². The zero-order chi connectivity index (χ0) is 23.7. The van der Waals surface area contributed by atoms with Crippen molar-refractivity contribution in [3.8, 4) is 11.5 Å². The van der Waals surface area contributed by atoms with Gasteiger partial charge in [0.15, 0.2) is 0 Å². The molecular formula is C27H26N4O3. The van der Waals surface area contributed by atoms with Gasteiger partial charge < -0.3 is 9.47 Å². The Kier molecular flexibility index (Phi) is 5.76. The normalized spacial score (nSPS) is 17.2. The molecule has 1 aliphatic rings. The minimum Gasteiger partial charge on any atom is -0.496 e. The molecule has 7 heteroatoms. The molecule has 0 N–H and O–H groups in total. The maximum atomic E-state index is 14.0. The third-order valence-corrected chi connectivity index (χ3v) is 6.34. The van der Waals surface area contributed by atoms with Crippen molar-refractivity contribution in [2.24, 2.45) is 0 Å². The van der Waals surface area contributed by atoms with Crippen LogP contribution in [0.2, 0.25) is 0 Å². The number of anilines is 1. The smallest absolute Gasteiger partial charge is 0.264 e. The molecule has 0 aliphatic carbocycles. The summed E-state index contributed by atoms with van der Waals surface area (Å²) in [5, 5.41) is 4.53. The number of hydrogen-bond acceptors (Lipinski definition) is 5. The van der Waals surface area contributed by atoms with E-state index in [1.807, 2.05) is 41.1 Å². The molecule has 0 saturated carbocycles. The van der Waals surface area contributed by atoms with E-state index in [9.17, 15) is 4.79 Å². The fourth-order valence-corrected chi connectivity index (χ4v) is 4.65. The Morgan fingerprint density at radius 2 is 1.56 bits per heavy atom. The van der Waals surface area contributed by atoms with Crippen LogP contribution in [0.15, 0.2) is 79.1 Å². The molecule has 2 heterocycles. The highest BCUT2D eigenvalue weighted by Gasteiger charge is 2.41. The molecule has 2 atom stereocenters. The molecule has 5 rings (SSSR count). The zero-order valence-electron chi connectivity index (χ0n) is 19.4. The third-order valence-electron chi connectivity index (χ3n) is 6.34. The lowest BCUT2D eigenvalue weighted by molar-refractivity contribution is 0.0960. The highest BCUT2D eigenvalue weighted by Crippen LogP contribution is 2.44. The molecule has 2 unspecified atom stereocenters. The largest absolute Gasteiger partial charge is 0.496 e. The number of carbonyl (C=O) groups is 1. The van der Waals surface area contributed by atoms with Gasteiger partial charge in [0.05, 0.1) is 31.9 Å². The Morgan fingerprint density at radius 3 is 2.29 bits per heavy atom. The first-order valence-corrected chi connectivity index (χ1v) is 11.2. The van der Waals surface area contributed by atoms with Crippen LogP contribution in [0.5, 0.6) is 11.5 Å². The van der Waals surface area contributed by atoms with Gasteiger partial charge in [-0.15, -0.1) is 0 Å². The van der Waals surface area contributed by atoms with Gasteiger partial charge in [0.1, 0.15) is 17.8 Å². The Hall–Kier alpha value is -4.13. The Morgan fingerprint density at radius 1 is 0.882 bits per heavy atom. The Labute approximate surface area is 198 Å². The van der Waals surface area contributed by atoms with E-state index in [1.165, 1.54) is 6.33 Å². The number of carbonyl (C=O) groups excluding carboxylic acids is 1. The van der Waals surface area contributed by atoms with Gasteiger partial charge in [-0.05, 0) is 37.1 Å². The highest BCUT2D eigenvalue weighted by atomic mass is 16.5. The second kappa shape index (κ2) is 9.02. The van der Waals surface area contributed by atoms with Crippen LogP contribution in [0.25, 0.3) is 0 Å². The predicted octanol–water partition coefficient (Wildman–Crippen LogP) is 4.98. The van der Waals surface area contributed by atoms with Gasteiger partial charge in [0, 0.05) is 5.56 Å². The number of fused-ring (bicyclic) bond motifs is 1. The van der Waals surface area contributed by atoms with E-state index < -0.39 is 0 Å². The van der Waals surface area contributed by atoms with Crippen molar-refractivity contribution < 1.29 is 14.3 Å². The van der Waals surface area contributed by atoms with E-state index in [4.69, 9.17) is 9.47 Å². The molecule has 4 aromatic rings. The molecule has 7 nitrogen and oxygen atoms in total. The molecule has 34 heavy (non-hydrogen) atoms. The quantitative estimate of drug-likeness (QED) is 0.425. The van der Waals surface area contributed by atoms with Crippen molar-refractivity contribution in [1.82, 2.24) is 14.8 Å². The monoisotopic (exact) mass is 454 g/mol. The van der Waals surface area contributed by atoms with E-state index in [2.05, 4.69) is 41.3 Å². The average Bonchev–Trinajstić information content (AvgIpc) is 3.37. The standard InChI is InChI=1S/C27H26N4O3/c1-18-12-14-19(15-13-18)22-16-23(20-8-4-6-10-24(20)33-2)31-27(28-17-29-31)30(22)26(32)21-9-5-7-11-25(21)34-3/h4-15,17,22-23H,16H2,1-3H3. The summed E-state index contributed by atoms with van der Waals surface area (Å²) in [6.45, 7) is 2.05. The lowest BCUT2D eigenvalue weighted by atomic mass is 9.90. The minimum absolute atomic E-state index is 0.151. The number of ether oxygens (including phenoxy) is 2. The lowest BCUT2D eigenvalue weighted by Gasteiger charge is -2.39. The number of amides is 1. The Balaban J connectivity index is 1.68. The summed E-state index contributed by atoms with van der Waals surface area (Å²) >= 11 is 0. The number of benzene rings is 3. The molecule has 0 bridgehead atoms. The van der Waals surface area contributed by atoms with Gasteiger partial charge >= 0.3 is 0 Å². The molecule has 3 aromatic carbocycles. The second-order valence-electron chi connectivity index (χ2n) is 8.30. The van der Waals surface area contributed by atoms with E-state index in [-0.39, 0.29) is 18.0 Å². The number of para-hydroxylation sites is 2. The summed E-state index contributed by atoms with van der Waals surface area (Å²) < 4.78 is 13.0.